The summed E-state index contributed by atoms with van der Waals surface area (Å²) in [6.45, 7) is 1.78. The summed E-state index contributed by atoms with van der Waals surface area (Å²) < 4.78 is 0.805. The predicted octanol–water partition coefficient (Wildman–Crippen LogP) is 2.59. The van der Waals surface area contributed by atoms with Crippen molar-refractivity contribution >= 4 is 28.4 Å². The number of hydrogen-bond donors (Lipinski definition) is 1. The Balaban J connectivity index is 3.21. The second-order valence-corrected chi connectivity index (χ2v) is 3.57. The standard InChI is InChI=1S/C9H9IO2/c1-2-7(11)9-6(10)4-3-5-8(9)12/h3-5,12H,2H2,1H3. The van der Waals surface area contributed by atoms with E-state index < -0.39 is 0 Å². The van der Waals surface area contributed by atoms with Crippen LogP contribution in [0.3, 0.4) is 0 Å². The lowest BCUT2D eigenvalue weighted by atomic mass is 10.1. The van der Waals surface area contributed by atoms with Crippen molar-refractivity contribution in [3.05, 3.63) is 27.3 Å². The number of carbonyl (C=O) groups is 1. The Hall–Kier alpha value is -0.580. The summed E-state index contributed by atoms with van der Waals surface area (Å²) in [6, 6.07) is 5.07. The number of aromatic hydroxyl groups is 1. The number of halogens is 1. The van der Waals surface area contributed by atoms with E-state index in [9.17, 15) is 9.90 Å². The average Bonchev–Trinajstić information content (AvgIpc) is 2.03. The normalized spacial score (nSPS) is 9.83. The Labute approximate surface area is 84.7 Å². The van der Waals surface area contributed by atoms with Crippen LogP contribution in [-0.4, -0.2) is 10.9 Å². The maximum Gasteiger partial charge on any atom is 0.167 e. The first-order valence-corrected chi connectivity index (χ1v) is 4.75. The molecule has 1 aromatic carbocycles. The number of benzene rings is 1. The molecule has 0 fully saturated rings. The minimum atomic E-state index is -0.0162. The van der Waals surface area contributed by atoms with E-state index >= 15 is 0 Å². The molecule has 0 atom stereocenters. The van der Waals surface area contributed by atoms with E-state index in [0.29, 0.717) is 12.0 Å². The van der Waals surface area contributed by atoms with Crippen LogP contribution in [0.2, 0.25) is 0 Å². The summed E-state index contributed by atoms with van der Waals surface area (Å²) in [7, 11) is 0. The van der Waals surface area contributed by atoms with E-state index in [1.165, 1.54) is 6.07 Å². The van der Waals surface area contributed by atoms with Crippen molar-refractivity contribution in [3.63, 3.8) is 0 Å². The third-order valence-corrected chi connectivity index (χ3v) is 2.49. The SMILES string of the molecule is CCC(=O)c1c(O)cccc1I. The molecule has 3 heteroatoms. The summed E-state index contributed by atoms with van der Waals surface area (Å²) >= 11 is 2.04. The van der Waals surface area contributed by atoms with Gasteiger partial charge < -0.3 is 5.11 Å². The van der Waals surface area contributed by atoms with Crippen molar-refractivity contribution in [2.45, 2.75) is 13.3 Å². The van der Waals surface area contributed by atoms with Crippen molar-refractivity contribution in [2.75, 3.05) is 0 Å². The van der Waals surface area contributed by atoms with Crippen molar-refractivity contribution in [1.29, 1.82) is 0 Å². The lowest BCUT2D eigenvalue weighted by molar-refractivity contribution is 0.0984. The van der Waals surface area contributed by atoms with E-state index in [-0.39, 0.29) is 11.5 Å². The molecule has 0 spiro atoms. The van der Waals surface area contributed by atoms with Crippen LogP contribution in [0, 0.1) is 3.57 Å². The molecule has 0 saturated carbocycles. The van der Waals surface area contributed by atoms with E-state index in [1.54, 1.807) is 13.0 Å². The van der Waals surface area contributed by atoms with Crippen LogP contribution in [0.1, 0.15) is 23.7 Å². The van der Waals surface area contributed by atoms with Crippen LogP contribution in [0.5, 0.6) is 5.75 Å². The third-order valence-electron chi connectivity index (χ3n) is 1.59. The lowest BCUT2D eigenvalue weighted by Gasteiger charge is -2.03. The van der Waals surface area contributed by atoms with Crippen LogP contribution in [0.4, 0.5) is 0 Å². The number of carbonyl (C=O) groups excluding carboxylic acids is 1. The smallest absolute Gasteiger partial charge is 0.167 e. The molecule has 1 rings (SSSR count). The van der Waals surface area contributed by atoms with Gasteiger partial charge in [-0.1, -0.05) is 13.0 Å². The topological polar surface area (TPSA) is 37.3 Å². The zero-order valence-electron chi connectivity index (χ0n) is 6.67. The van der Waals surface area contributed by atoms with Gasteiger partial charge in [0.05, 0.1) is 5.56 Å². The zero-order valence-corrected chi connectivity index (χ0v) is 8.83. The van der Waals surface area contributed by atoms with E-state index in [0.717, 1.165) is 3.57 Å². The summed E-state index contributed by atoms with van der Waals surface area (Å²) in [5, 5.41) is 9.37. The number of rotatable bonds is 2. The largest absolute Gasteiger partial charge is 0.507 e. The zero-order chi connectivity index (χ0) is 9.14. The van der Waals surface area contributed by atoms with Crippen molar-refractivity contribution in [1.82, 2.24) is 0 Å². The molecule has 0 saturated heterocycles. The summed E-state index contributed by atoms with van der Waals surface area (Å²) in [6.07, 6.45) is 0.424. The van der Waals surface area contributed by atoms with Crippen LogP contribution >= 0.6 is 22.6 Å². The molecule has 64 valence electrons. The number of phenols is 1. The van der Waals surface area contributed by atoms with Gasteiger partial charge in [0, 0.05) is 9.99 Å². The van der Waals surface area contributed by atoms with Crippen molar-refractivity contribution in [3.8, 4) is 5.75 Å². The highest BCUT2D eigenvalue weighted by molar-refractivity contribution is 14.1. The highest BCUT2D eigenvalue weighted by Gasteiger charge is 2.11. The first-order chi connectivity index (χ1) is 5.66. The third kappa shape index (κ3) is 1.77. The number of hydrogen-bond acceptors (Lipinski definition) is 2. The second kappa shape index (κ2) is 3.89. The Morgan fingerprint density at radius 3 is 2.75 bits per heavy atom. The molecule has 1 aromatic rings. The molecule has 0 amide bonds. The van der Waals surface area contributed by atoms with Crippen LogP contribution in [0.15, 0.2) is 18.2 Å². The quantitative estimate of drug-likeness (QED) is 0.666. The summed E-state index contributed by atoms with van der Waals surface area (Å²) in [5.74, 6) is 0.0613. The minimum absolute atomic E-state index is 0.0162. The van der Waals surface area contributed by atoms with Gasteiger partial charge in [0.15, 0.2) is 5.78 Å². The highest BCUT2D eigenvalue weighted by Crippen LogP contribution is 2.23. The van der Waals surface area contributed by atoms with Gasteiger partial charge in [-0.2, -0.15) is 0 Å². The highest BCUT2D eigenvalue weighted by atomic mass is 127. The van der Waals surface area contributed by atoms with Gasteiger partial charge >= 0.3 is 0 Å². The maximum atomic E-state index is 11.3. The monoisotopic (exact) mass is 276 g/mol. The molecule has 0 aliphatic carbocycles. The second-order valence-electron chi connectivity index (χ2n) is 2.41. The van der Waals surface area contributed by atoms with E-state index in [4.69, 9.17) is 0 Å². The Morgan fingerprint density at radius 2 is 2.25 bits per heavy atom. The first kappa shape index (κ1) is 9.51. The molecule has 2 nitrogen and oxygen atoms in total. The van der Waals surface area contributed by atoms with E-state index in [2.05, 4.69) is 0 Å². The molecule has 0 aromatic heterocycles. The lowest BCUT2D eigenvalue weighted by Crippen LogP contribution is -1.99. The Kier molecular flexibility index (Phi) is 3.08. The summed E-state index contributed by atoms with van der Waals surface area (Å²) in [5.41, 5.74) is 0.445. The predicted molar refractivity (Wildman–Crippen MR) is 55.4 cm³/mol. The molecule has 12 heavy (non-hydrogen) atoms. The van der Waals surface area contributed by atoms with Gasteiger partial charge in [-0.25, -0.2) is 0 Å². The van der Waals surface area contributed by atoms with Gasteiger partial charge in [-0.3, -0.25) is 4.79 Å². The van der Waals surface area contributed by atoms with Gasteiger partial charge in [0.2, 0.25) is 0 Å². The molecule has 1 N–H and O–H groups in total. The molecular formula is C9H9IO2. The molecular weight excluding hydrogens is 267 g/mol. The van der Waals surface area contributed by atoms with Gasteiger partial charge in [0.1, 0.15) is 5.75 Å². The number of phenolic OH excluding ortho intramolecular Hbond substituents is 1. The molecule has 0 bridgehead atoms. The Bertz CT molecular complexity index is 287. The van der Waals surface area contributed by atoms with Gasteiger partial charge in [0.25, 0.3) is 0 Å². The van der Waals surface area contributed by atoms with Crippen LogP contribution in [-0.2, 0) is 0 Å². The fourth-order valence-electron chi connectivity index (χ4n) is 0.966. The Morgan fingerprint density at radius 1 is 1.58 bits per heavy atom. The van der Waals surface area contributed by atoms with Crippen molar-refractivity contribution in [2.24, 2.45) is 0 Å². The maximum absolute atomic E-state index is 11.3. The molecule has 0 radical (unpaired) electrons. The number of Topliss-reactive ketones (excluding diaryl/α,β-unsaturated/α-hetero) is 1. The van der Waals surface area contributed by atoms with Crippen LogP contribution in [0.25, 0.3) is 0 Å². The molecule has 0 heterocycles. The van der Waals surface area contributed by atoms with Crippen LogP contribution < -0.4 is 0 Å². The number of ketones is 1. The van der Waals surface area contributed by atoms with Gasteiger partial charge in [-0.05, 0) is 34.7 Å². The average molecular weight is 276 g/mol. The van der Waals surface area contributed by atoms with E-state index in [1.807, 2.05) is 28.7 Å². The molecule has 0 aliphatic heterocycles. The first-order valence-electron chi connectivity index (χ1n) is 3.67. The summed E-state index contributed by atoms with van der Waals surface area (Å²) in [4.78, 5) is 11.3. The minimum Gasteiger partial charge on any atom is -0.507 e. The van der Waals surface area contributed by atoms with Gasteiger partial charge in [-0.15, -0.1) is 0 Å². The molecule has 0 unspecified atom stereocenters. The fourth-order valence-corrected chi connectivity index (χ4v) is 1.75. The fraction of sp³-hybridized carbons (Fsp3) is 0.222. The molecule has 0 aliphatic rings. The van der Waals surface area contributed by atoms with Crippen molar-refractivity contribution < 1.29 is 9.90 Å².